The predicted molar refractivity (Wildman–Crippen MR) is 77.9 cm³/mol. The van der Waals surface area contributed by atoms with Crippen LogP contribution in [-0.2, 0) is 4.79 Å². The summed E-state index contributed by atoms with van der Waals surface area (Å²) in [5.74, 6) is -4.17. The molecule has 0 unspecified atom stereocenters. The molecular formula is C15H16N2O6. The second-order valence-electron chi connectivity index (χ2n) is 5.34. The van der Waals surface area contributed by atoms with Crippen molar-refractivity contribution >= 4 is 23.8 Å². The number of hydrazine groups is 1. The number of amides is 2. The Morgan fingerprint density at radius 1 is 1.17 bits per heavy atom. The summed E-state index contributed by atoms with van der Waals surface area (Å²) in [5.41, 5.74) is 2.31. The fourth-order valence-electron chi connectivity index (χ4n) is 2.29. The van der Waals surface area contributed by atoms with E-state index in [1.54, 1.807) is 13.8 Å². The minimum absolute atomic E-state index is 0.0424. The molecule has 1 aliphatic rings. The normalized spacial score (nSPS) is 16.2. The molecule has 0 spiro atoms. The van der Waals surface area contributed by atoms with Crippen molar-refractivity contribution in [3.8, 4) is 0 Å². The van der Waals surface area contributed by atoms with E-state index in [1.807, 2.05) is 0 Å². The molecule has 0 saturated carbocycles. The molecule has 0 aromatic heterocycles. The van der Waals surface area contributed by atoms with E-state index in [0.717, 1.165) is 6.07 Å². The van der Waals surface area contributed by atoms with Crippen LogP contribution >= 0.6 is 0 Å². The van der Waals surface area contributed by atoms with Crippen LogP contribution in [-0.4, -0.2) is 45.0 Å². The van der Waals surface area contributed by atoms with Gasteiger partial charge in [-0.1, -0.05) is 20.3 Å². The monoisotopic (exact) mass is 320 g/mol. The summed E-state index contributed by atoms with van der Waals surface area (Å²) in [6, 6.07) is 2.47. The van der Waals surface area contributed by atoms with Gasteiger partial charge in [-0.2, -0.15) is 0 Å². The summed E-state index contributed by atoms with van der Waals surface area (Å²) in [6.45, 7) is 3.48. The SMILES string of the molecule is CC[C@H](C)[C@H](NN1C(=O)c2ccc(C(=O)O)cc2C1=O)C(=O)O. The molecule has 1 aliphatic heterocycles. The summed E-state index contributed by atoms with van der Waals surface area (Å²) >= 11 is 0. The Labute approximate surface area is 131 Å². The number of carbonyl (C=O) groups excluding carboxylic acids is 2. The molecule has 8 nitrogen and oxygen atoms in total. The topological polar surface area (TPSA) is 124 Å². The van der Waals surface area contributed by atoms with Gasteiger partial charge in [0.2, 0.25) is 0 Å². The van der Waals surface area contributed by atoms with Gasteiger partial charge in [-0.15, -0.1) is 0 Å². The molecule has 1 aromatic rings. The second kappa shape index (κ2) is 6.17. The van der Waals surface area contributed by atoms with Gasteiger partial charge in [-0.25, -0.2) is 15.2 Å². The average molecular weight is 320 g/mol. The molecule has 0 aliphatic carbocycles. The molecular weight excluding hydrogens is 304 g/mol. The quantitative estimate of drug-likeness (QED) is 0.667. The third-order valence-corrected chi connectivity index (χ3v) is 3.88. The van der Waals surface area contributed by atoms with Gasteiger partial charge in [0.15, 0.2) is 0 Å². The Bertz CT molecular complexity index is 699. The van der Waals surface area contributed by atoms with E-state index in [1.165, 1.54) is 12.1 Å². The van der Waals surface area contributed by atoms with Gasteiger partial charge in [0.1, 0.15) is 6.04 Å². The Hall–Kier alpha value is -2.74. The minimum Gasteiger partial charge on any atom is -0.480 e. The maximum absolute atomic E-state index is 12.3. The summed E-state index contributed by atoms with van der Waals surface area (Å²) < 4.78 is 0. The van der Waals surface area contributed by atoms with Crippen LogP contribution < -0.4 is 5.43 Å². The molecule has 122 valence electrons. The zero-order valence-corrected chi connectivity index (χ0v) is 12.6. The van der Waals surface area contributed by atoms with Gasteiger partial charge < -0.3 is 10.2 Å². The highest BCUT2D eigenvalue weighted by atomic mass is 16.4. The number of benzene rings is 1. The Kier molecular flexibility index (Phi) is 4.46. The lowest BCUT2D eigenvalue weighted by Gasteiger charge is -2.25. The van der Waals surface area contributed by atoms with Gasteiger partial charge >= 0.3 is 11.9 Å². The number of carboxylic acid groups (broad SMARTS) is 2. The zero-order valence-electron chi connectivity index (χ0n) is 12.6. The second-order valence-corrected chi connectivity index (χ2v) is 5.34. The van der Waals surface area contributed by atoms with Crippen molar-refractivity contribution < 1.29 is 29.4 Å². The lowest BCUT2D eigenvalue weighted by Crippen LogP contribution is -2.53. The van der Waals surface area contributed by atoms with E-state index >= 15 is 0 Å². The van der Waals surface area contributed by atoms with Crippen LogP contribution in [0.5, 0.6) is 0 Å². The molecule has 1 aromatic carbocycles. The number of hydrogen-bond donors (Lipinski definition) is 3. The summed E-state index contributed by atoms with van der Waals surface area (Å²) in [6.07, 6.45) is 0.538. The van der Waals surface area contributed by atoms with Crippen molar-refractivity contribution in [2.45, 2.75) is 26.3 Å². The van der Waals surface area contributed by atoms with Crippen molar-refractivity contribution in [2.75, 3.05) is 0 Å². The number of aromatic carboxylic acids is 1. The van der Waals surface area contributed by atoms with Gasteiger partial charge in [0.05, 0.1) is 16.7 Å². The van der Waals surface area contributed by atoms with Crippen molar-refractivity contribution in [1.29, 1.82) is 0 Å². The van der Waals surface area contributed by atoms with E-state index in [2.05, 4.69) is 5.43 Å². The third-order valence-electron chi connectivity index (χ3n) is 3.88. The number of imide groups is 1. The van der Waals surface area contributed by atoms with Crippen LogP contribution in [0, 0.1) is 5.92 Å². The van der Waals surface area contributed by atoms with Crippen molar-refractivity contribution in [2.24, 2.45) is 5.92 Å². The molecule has 23 heavy (non-hydrogen) atoms. The van der Waals surface area contributed by atoms with Crippen LogP contribution in [0.15, 0.2) is 18.2 Å². The number of aliphatic carboxylic acids is 1. The first kappa shape index (κ1) is 16.6. The maximum Gasteiger partial charge on any atom is 0.335 e. The molecule has 0 bridgehead atoms. The first-order valence-corrected chi connectivity index (χ1v) is 7.03. The standard InChI is InChI=1S/C15H16N2O6/c1-3-7(2)11(15(22)23)16-17-12(18)9-5-4-8(14(20)21)6-10(9)13(17)19/h4-7,11,16H,3H2,1-2H3,(H,20,21)(H,22,23)/t7-,11-/m0/s1. The number of carboxylic acids is 2. The molecule has 2 amide bonds. The van der Waals surface area contributed by atoms with Gasteiger partial charge in [0.25, 0.3) is 11.8 Å². The van der Waals surface area contributed by atoms with Crippen LogP contribution in [0.1, 0.15) is 51.3 Å². The van der Waals surface area contributed by atoms with Crippen LogP contribution in [0.2, 0.25) is 0 Å². The van der Waals surface area contributed by atoms with Gasteiger partial charge in [-0.05, 0) is 24.1 Å². The van der Waals surface area contributed by atoms with Crippen molar-refractivity contribution in [3.05, 3.63) is 34.9 Å². The van der Waals surface area contributed by atoms with Crippen LogP contribution in [0.25, 0.3) is 0 Å². The van der Waals surface area contributed by atoms with E-state index in [-0.39, 0.29) is 22.6 Å². The van der Waals surface area contributed by atoms with Gasteiger partial charge in [-0.3, -0.25) is 14.4 Å². The predicted octanol–water partition coefficient (Wildman–Crippen LogP) is 0.985. The number of carbonyl (C=O) groups is 4. The first-order valence-electron chi connectivity index (χ1n) is 7.03. The van der Waals surface area contributed by atoms with Crippen LogP contribution in [0.4, 0.5) is 0 Å². The number of fused-ring (bicyclic) bond motifs is 1. The minimum atomic E-state index is -1.22. The highest BCUT2D eigenvalue weighted by Crippen LogP contribution is 2.23. The lowest BCUT2D eigenvalue weighted by atomic mass is 10.0. The molecule has 2 rings (SSSR count). The largest absolute Gasteiger partial charge is 0.480 e. The molecule has 0 radical (unpaired) electrons. The zero-order chi connectivity index (χ0) is 17.3. The molecule has 3 N–H and O–H groups in total. The number of hydrogen-bond acceptors (Lipinski definition) is 5. The molecule has 0 saturated heterocycles. The lowest BCUT2D eigenvalue weighted by molar-refractivity contribution is -0.141. The van der Waals surface area contributed by atoms with E-state index in [0.29, 0.717) is 11.4 Å². The highest BCUT2D eigenvalue weighted by Gasteiger charge is 2.39. The number of rotatable bonds is 6. The fraction of sp³-hybridized carbons (Fsp3) is 0.333. The van der Waals surface area contributed by atoms with E-state index in [9.17, 15) is 24.3 Å². The van der Waals surface area contributed by atoms with Gasteiger partial charge in [0, 0.05) is 0 Å². The molecule has 1 heterocycles. The van der Waals surface area contributed by atoms with E-state index in [4.69, 9.17) is 5.11 Å². The Morgan fingerprint density at radius 2 is 1.78 bits per heavy atom. The van der Waals surface area contributed by atoms with Crippen molar-refractivity contribution in [1.82, 2.24) is 10.4 Å². The maximum atomic E-state index is 12.3. The number of nitrogens with one attached hydrogen (secondary N) is 1. The summed E-state index contributed by atoms with van der Waals surface area (Å²) in [4.78, 5) is 46.9. The number of nitrogens with zero attached hydrogens (tertiary/aromatic N) is 1. The Morgan fingerprint density at radius 3 is 2.30 bits per heavy atom. The Balaban J connectivity index is 2.33. The van der Waals surface area contributed by atoms with Crippen LogP contribution in [0.3, 0.4) is 0 Å². The molecule has 2 atom stereocenters. The molecule has 0 fully saturated rings. The average Bonchev–Trinajstić information content (AvgIpc) is 2.75. The highest BCUT2D eigenvalue weighted by molar-refractivity contribution is 6.21. The smallest absolute Gasteiger partial charge is 0.335 e. The fourth-order valence-corrected chi connectivity index (χ4v) is 2.29. The third kappa shape index (κ3) is 2.93. The molecule has 8 heteroatoms. The summed E-state index contributed by atoms with van der Waals surface area (Å²) in [5, 5.41) is 18.8. The van der Waals surface area contributed by atoms with Crippen molar-refractivity contribution in [3.63, 3.8) is 0 Å². The van der Waals surface area contributed by atoms with E-state index < -0.39 is 29.8 Å². The summed E-state index contributed by atoms with van der Waals surface area (Å²) in [7, 11) is 0. The first-order chi connectivity index (χ1) is 10.8.